The third-order valence-electron chi connectivity index (χ3n) is 4.68. The molecule has 0 atom stereocenters. The van der Waals surface area contributed by atoms with Crippen LogP contribution in [-0.2, 0) is 4.79 Å². The zero-order valence-corrected chi connectivity index (χ0v) is 15.0. The summed E-state index contributed by atoms with van der Waals surface area (Å²) < 4.78 is 14.0. The van der Waals surface area contributed by atoms with E-state index in [0.717, 1.165) is 25.3 Å². The molecule has 1 fully saturated rings. The lowest BCUT2D eigenvalue weighted by atomic mass is 9.95. The second-order valence-electron chi connectivity index (χ2n) is 6.56. The van der Waals surface area contributed by atoms with Crippen LogP contribution in [0.15, 0.2) is 18.2 Å². The van der Waals surface area contributed by atoms with Crippen LogP contribution in [0.4, 0.5) is 4.39 Å². The number of amides is 2. The molecule has 0 radical (unpaired) electrons. The second kappa shape index (κ2) is 9.31. The monoisotopic (exact) mass is 364 g/mol. The first-order chi connectivity index (χ1) is 12.4. The van der Waals surface area contributed by atoms with E-state index < -0.39 is 17.7 Å². The lowest BCUT2D eigenvalue weighted by molar-refractivity contribution is -0.126. The van der Waals surface area contributed by atoms with E-state index in [-0.39, 0.29) is 23.0 Å². The van der Waals surface area contributed by atoms with Crippen LogP contribution in [0.3, 0.4) is 0 Å². The Morgan fingerprint density at radius 2 is 1.92 bits per heavy atom. The fourth-order valence-electron chi connectivity index (χ4n) is 3.07. The number of unbranched alkanes of at least 4 members (excludes halogenated alkanes) is 2. The zero-order valence-electron chi connectivity index (χ0n) is 15.0. The second-order valence-corrected chi connectivity index (χ2v) is 6.56. The molecule has 0 unspecified atom stereocenters. The van der Waals surface area contributed by atoms with E-state index >= 15 is 0 Å². The summed E-state index contributed by atoms with van der Waals surface area (Å²) >= 11 is 0. The molecule has 2 amide bonds. The molecule has 7 heteroatoms. The molecule has 0 aliphatic carbocycles. The van der Waals surface area contributed by atoms with Crippen molar-refractivity contribution in [2.75, 3.05) is 19.6 Å². The third-order valence-corrected chi connectivity index (χ3v) is 4.68. The highest BCUT2D eigenvalue weighted by Crippen LogP contribution is 2.21. The summed E-state index contributed by atoms with van der Waals surface area (Å²) in [7, 11) is 0. The van der Waals surface area contributed by atoms with Gasteiger partial charge in [0.25, 0.3) is 5.91 Å². The fraction of sp³-hybridized carbons (Fsp3) is 0.526. The lowest BCUT2D eigenvalue weighted by Gasteiger charge is -2.31. The third kappa shape index (κ3) is 5.03. The molecular weight excluding hydrogens is 339 g/mol. The SMILES string of the molecule is CCCCCNC(=O)C1CCN(C(=O)c2ccc(C(=O)O)cc2F)CC1. The first-order valence-corrected chi connectivity index (χ1v) is 9.03. The van der Waals surface area contributed by atoms with Gasteiger partial charge in [-0.15, -0.1) is 0 Å². The van der Waals surface area contributed by atoms with E-state index in [9.17, 15) is 18.8 Å². The number of aromatic carboxylic acids is 1. The number of hydrogen-bond donors (Lipinski definition) is 2. The molecular formula is C19H25FN2O4. The Balaban J connectivity index is 1.88. The summed E-state index contributed by atoms with van der Waals surface area (Å²) in [5.41, 5.74) is -0.338. The van der Waals surface area contributed by atoms with Crippen molar-refractivity contribution < 1.29 is 23.9 Å². The average molecular weight is 364 g/mol. The number of nitrogens with zero attached hydrogens (tertiary/aromatic N) is 1. The van der Waals surface area contributed by atoms with Crippen molar-refractivity contribution in [3.8, 4) is 0 Å². The van der Waals surface area contributed by atoms with Crippen molar-refractivity contribution in [2.24, 2.45) is 5.92 Å². The van der Waals surface area contributed by atoms with Gasteiger partial charge in [-0.2, -0.15) is 0 Å². The smallest absolute Gasteiger partial charge is 0.335 e. The minimum absolute atomic E-state index is 0.0187. The number of carbonyl (C=O) groups excluding carboxylic acids is 2. The molecule has 1 aliphatic heterocycles. The number of carbonyl (C=O) groups is 3. The van der Waals surface area contributed by atoms with Gasteiger partial charge in [-0.3, -0.25) is 9.59 Å². The minimum Gasteiger partial charge on any atom is -0.478 e. The molecule has 1 saturated heterocycles. The highest BCUT2D eigenvalue weighted by molar-refractivity contribution is 5.96. The Kier molecular flexibility index (Phi) is 7.12. The summed E-state index contributed by atoms with van der Waals surface area (Å²) in [4.78, 5) is 37.0. The number of carboxylic acids is 1. The average Bonchev–Trinajstić information content (AvgIpc) is 2.64. The van der Waals surface area contributed by atoms with E-state index in [1.165, 1.54) is 17.0 Å². The molecule has 0 spiro atoms. The van der Waals surface area contributed by atoms with Crippen molar-refractivity contribution in [1.82, 2.24) is 10.2 Å². The molecule has 6 nitrogen and oxygen atoms in total. The standard InChI is InChI=1S/C19H25FN2O4/c1-2-3-4-9-21-17(23)13-7-10-22(11-8-13)18(24)15-6-5-14(19(25)26)12-16(15)20/h5-6,12-13H,2-4,7-11H2,1H3,(H,21,23)(H,25,26). The molecule has 26 heavy (non-hydrogen) atoms. The van der Waals surface area contributed by atoms with Crippen molar-refractivity contribution in [2.45, 2.75) is 39.0 Å². The molecule has 0 aromatic heterocycles. The quantitative estimate of drug-likeness (QED) is 0.728. The molecule has 1 heterocycles. The Labute approximate surface area is 152 Å². The van der Waals surface area contributed by atoms with Gasteiger partial charge in [0.05, 0.1) is 11.1 Å². The van der Waals surface area contributed by atoms with Crippen molar-refractivity contribution in [3.05, 3.63) is 35.1 Å². The Hall–Kier alpha value is -2.44. The summed E-state index contributed by atoms with van der Waals surface area (Å²) in [6.45, 7) is 3.54. The van der Waals surface area contributed by atoms with Gasteiger partial charge in [0, 0.05) is 25.6 Å². The van der Waals surface area contributed by atoms with Gasteiger partial charge in [-0.1, -0.05) is 19.8 Å². The van der Waals surface area contributed by atoms with Gasteiger partial charge >= 0.3 is 5.97 Å². The van der Waals surface area contributed by atoms with Gasteiger partial charge in [-0.25, -0.2) is 9.18 Å². The molecule has 0 bridgehead atoms. The Morgan fingerprint density at radius 1 is 1.23 bits per heavy atom. The molecule has 1 aromatic carbocycles. The number of piperidine rings is 1. The van der Waals surface area contributed by atoms with Crippen LogP contribution in [0.2, 0.25) is 0 Å². The first kappa shape index (κ1) is 19.9. The van der Waals surface area contributed by atoms with Gasteiger partial charge in [0.1, 0.15) is 5.82 Å². The van der Waals surface area contributed by atoms with Crippen LogP contribution in [-0.4, -0.2) is 47.4 Å². The van der Waals surface area contributed by atoms with Gasteiger partial charge in [0.2, 0.25) is 5.91 Å². The molecule has 1 aliphatic rings. The fourth-order valence-corrected chi connectivity index (χ4v) is 3.07. The number of nitrogens with one attached hydrogen (secondary N) is 1. The van der Waals surface area contributed by atoms with Crippen molar-refractivity contribution in [1.29, 1.82) is 0 Å². The van der Waals surface area contributed by atoms with Crippen LogP contribution in [0.5, 0.6) is 0 Å². The van der Waals surface area contributed by atoms with Crippen LogP contribution < -0.4 is 5.32 Å². The van der Waals surface area contributed by atoms with Gasteiger partial charge < -0.3 is 15.3 Å². The predicted molar refractivity (Wildman–Crippen MR) is 94.5 cm³/mol. The van der Waals surface area contributed by atoms with E-state index in [4.69, 9.17) is 5.11 Å². The highest BCUT2D eigenvalue weighted by Gasteiger charge is 2.28. The maximum absolute atomic E-state index is 14.0. The molecule has 1 aromatic rings. The topological polar surface area (TPSA) is 86.7 Å². The van der Waals surface area contributed by atoms with Gasteiger partial charge in [0.15, 0.2) is 0 Å². The highest BCUT2D eigenvalue weighted by atomic mass is 19.1. The number of rotatable bonds is 7. The number of hydrogen-bond acceptors (Lipinski definition) is 3. The Bertz CT molecular complexity index is 670. The number of likely N-dealkylation sites (tertiary alicyclic amines) is 1. The molecule has 2 rings (SSSR count). The van der Waals surface area contributed by atoms with Crippen molar-refractivity contribution >= 4 is 17.8 Å². The maximum Gasteiger partial charge on any atom is 0.335 e. The molecule has 142 valence electrons. The molecule has 0 saturated carbocycles. The Morgan fingerprint density at radius 3 is 2.50 bits per heavy atom. The predicted octanol–water partition coefficient (Wildman–Crippen LogP) is 2.68. The van der Waals surface area contributed by atoms with E-state index in [1.807, 2.05) is 0 Å². The van der Waals surface area contributed by atoms with Crippen molar-refractivity contribution in [3.63, 3.8) is 0 Å². The largest absolute Gasteiger partial charge is 0.478 e. The summed E-state index contributed by atoms with van der Waals surface area (Å²) in [5, 5.41) is 11.8. The molecule has 2 N–H and O–H groups in total. The number of carboxylic acid groups (broad SMARTS) is 1. The summed E-state index contributed by atoms with van der Waals surface area (Å²) in [6, 6.07) is 3.27. The van der Waals surface area contributed by atoms with Crippen LogP contribution in [0.1, 0.15) is 59.7 Å². The van der Waals surface area contributed by atoms with Gasteiger partial charge in [-0.05, 0) is 37.5 Å². The lowest BCUT2D eigenvalue weighted by Crippen LogP contribution is -2.43. The van der Waals surface area contributed by atoms with Crippen LogP contribution in [0.25, 0.3) is 0 Å². The van der Waals surface area contributed by atoms with E-state index in [2.05, 4.69) is 12.2 Å². The summed E-state index contributed by atoms with van der Waals surface area (Å²) in [5.74, 6) is -2.66. The minimum atomic E-state index is -1.24. The normalized spacial score (nSPS) is 14.9. The zero-order chi connectivity index (χ0) is 19.1. The number of benzene rings is 1. The van der Waals surface area contributed by atoms with E-state index in [1.54, 1.807) is 0 Å². The van der Waals surface area contributed by atoms with Crippen LogP contribution >= 0.6 is 0 Å². The van der Waals surface area contributed by atoms with Crippen LogP contribution in [0, 0.1) is 11.7 Å². The maximum atomic E-state index is 14.0. The first-order valence-electron chi connectivity index (χ1n) is 9.03. The van der Waals surface area contributed by atoms with E-state index in [0.29, 0.717) is 32.5 Å². The summed E-state index contributed by atoms with van der Waals surface area (Å²) in [6.07, 6.45) is 4.23. The number of halogens is 1.